The van der Waals surface area contributed by atoms with Crippen LogP contribution in [-0.2, 0) is 20.4 Å². The summed E-state index contributed by atoms with van der Waals surface area (Å²) < 4.78 is 0. The molecule has 0 saturated heterocycles. The van der Waals surface area contributed by atoms with Crippen molar-refractivity contribution in [1.29, 1.82) is 0 Å². The van der Waals surface area contributed by atoms with Crippen LogP contribution in [0.3, 0.4) is 0 Å². The van der Waals surface area contributed by atoms with Gasteiger partial charge in [-0.15, -0.1) is 0 Å². The van der Waals surface area contributed by atoms with Gasteiger partial charge in [-0.3, -0.25) is 4.99 Å². The summed E-state index contributed by atoms with van der Waals surface area (Å²) in [5.74, 6) is 0. The Morgan fingerprint density at radius 1 is 0.538 bits per heavy atom. The smallest absolute Gasteiger partial charge is 0.0848 e. The molecule has 3 heteroatoms. The maximum Gasteiger partial charge on any atom is 0.0848 e. The van der Waals surface area contributed by atoms with Gasteiger partial charge in [0.2, 0.25) is 0 Å². The topological polar surface area (TPSA) is 24.7 Å². The van der Waals surface area contributed by atoms with Gasteiger partial charge in [0, 0.05) is 20.4 Å². The molecule has 0 heterocycles. The van der Waals surface area contributed by atoms with Crippen molar-refractivity contribution < 1.29 is 20.4 Å². The van der Waals surface area contributed by atoms with Gasteiger partial charge >= 0.3 is 0 Å². The fourth-order valence-corrected chi connectivity index (χ4v) is 4.74. The Kier molecular flexibility index (Phi) is 22.7. The zero-order chi connectivity index (χ0) is 26.9. The van der Waals surface area contributed by atoms with Crippen LogP contribution in [0.15, 0.2) is 82.8 Å². The zero-order valence-electron chi connectivity index (χ0n) is 24.9. The zero-order valence-corrected chi connectivity index (χ0v) is 26.4. The minimum absolute atomic E-state index is 0. The summed E-state index contributed by atoms with van der Waals surface area (Å²) in [6.07, 6.45) is 28.5. The predicted molar refractivity (Wildman–Crippen MR) is 171 cm³/mol. The monoisotopic (exact) mass is 620 g/mol. The molecule has 2 nitrogen and oxygen atoms in total. The Bertz CT molecular complexity index is 902. The molecule has 0 N–H and O–H groups in total. The number of hydrogen-bond donors (Lipinski definition) is 0. The van der Waals surface area contributed by atoms with Gasteiger partial charge in [0.1, 0.15) is 0 Å². The number of nitrogens with zero attached hydrogens (tertiary/aromatic N) is 2. The average Bonchev–Trinajstić information content (AvgIpc) is 2.95. The van der Waals surface area contributed by atoms with E-state index in [0.29, 0.717) is 0 Å². The van der Waals surface area contributed by atoms with Crippen LogP contribution in [0.2, 0.25) is 0 Å². The van der Waals surface area contributed by atoms with Gasteiger partial charge < -0.3 is 0 Å². The Labute approximate surface area is 254 Å². The van der Waals surface area contributed by atoms with Gasteiger partial charge in [0.15, 0.2) is 0 Å². The average molecular weight is 621 g/mol. The quantitative estimate of drug-likeness (QED) is 0.0710. The van der Waals surface area contributed by atoms with E-state index in [2.05, 4.69) is 74.5 Å². The van der Waals surface area contributed by atoms with Crippen LogP contribution in [0, 0.1) is 0 Å². The van der Waals surface area contributed by atoms with Crippen LogP contribution in [0.1, 0.15) is 129 Å². The van der Waals surface area contributed by atoms with E-state index in [1.807, 2.05) is 12.1 Å². The minimum Gasteiger partial charge on any atom is -0.251 e. The van der Waals surface area contributed by atoms with E-state index < -0.39 is 0 Å². The number of benzene rings is 2. The predicted octanol–water partition coefficient (Wildman–Crippen LogP) is 12.1. The largest absolute Gasteiger partial charge is 0.251 e. The first-order valence-corrected chi connectivity index (χ1v) is 15.8. The van der Waals surface area contributed by atoms with Crippen molar-refractivity contribution >= 4 is 22.8 Å². The first kappa shape index (κ1) is 35.2. The Morgan fingerprint density at radius 2 is 0.974 bits per heavy atom. The van der Waals surface area contributed by atoms with Crippen molar-refractivity contribution in [3.63, 3.8) is 0 Å². The van der Waals surface area contributed by atoms with Crippen molar-refractivity contribution in [3.05, 3.63) is 72.8 Å². The molecule has 0 aliphatic rings. The summed E-state index contributed by atoms with van der Waals surface area (Å²) in [7, 11) is 0. The van der Waals surface area contributed by atoms with E-state index >= 15 is 0 Å². The Morgan fingerprint density at radius 3 is 1.46 bits per heavy atom. The molecule has 0 unspecified atom stereocenters. The first-order valence-electron chi connectivity index (χ1n) is 15.8. The molecular formula is C36H54N2Pd. The Balaban J connectivity index is 0.00000760. The third kappa shape index (κ3) is 18.2. The number of aliphatic imine (C=N–C) groups is 2. The van der Waals surface area contributed by atoms with Crippen molar-refractivity contribution in [1.82, 2.24) is 0 Å². The molecule has 0 bridgehead atoms. The van der Waals surface area contributed by atoms with Crippen LogP contribution in [0.25, 0.3) is 0 Å². The van der Waals surface area contributed by atoms with E-state index in [-0.39, 0.29) is 20.4 Å². The summed E-state index contributed by atoms with van der Waals surface area (Å²) in [4.78, 5) is 10.0. The number of rotatable bonds is 22. The number of para-hydroxylation sites is 2. The molecule has 0 radical (unpaired) electrons. The van der Waals surface area contributed by atoms with E-state index in [1.54, 1.807) is 0 Å². The van der Waals surface area contributed by atoms with Crippen molar-refractivity contribution in [2.45, 2.75) is 129 Å². The van der Waals surface area contributed by atoms with Crippen LogP contribution < -0.4 is 0 Å². The molecule has 0 aromatic heterocycles. The minimum atomic E-state index is 0. The van der Waals surface area contributed by atoms with E-state index in [0.717, 1.165) is 48.5 Å². The maximum atomic E-state index is 5.02. The molecule has 0 atom stereocenters. The van der Waals surface area contributed by atoms with Crippen molar-refractivity contribution in [2.24, 2.45) is 9.98 Å². The third-order valence-corrected chi connectivity index (χ3v) is 7.09. The molecule has 0 aliphatic heterocycles. The second-order valence-corrected chi connectivity index (χ2v) is 10.6. The molecule has 2 aromatic carbocycles. The molecule has 0 fully saturated rings. The SMILES string of the molecule is CCCCCCCCCCCCCCCC/C=C/C(=Nc1ccccc1)C(CCCC)=Nc1ccccc1.[Pd]. The number of allylic oxidation sites excluding steroid dienone is 2. The summed E-state index contributed by atoms with van der Waals surface area (Å²) in [5.41, 5.74) is 4.07. The molecule has 39 heavy (non-hydrogen) atoms. The third-order valence-electron chi connectivity index (χ3n) is 7.09. The molecule has 0 spiro atoms. The number of hydrogen-bond acceptors (Lipinski definition) is 2. The normalized spacial score (nSPS) is 12.2. The van der Waals surface area contributed by atoms with Crippen LogP contribution in [0.5, 0.6) is 0 Å². The van der Waals surface area contributed by atoms with Gasteiger partial charge in [-0.2, -0.15) is 0 Å². The van der Waals surface area contributed by atoms with Gasteiger partial charge in [0.05, 0.1) is 22.8 Å². The van der Waals surface area contributed by atoms with E-state index in [1.165, 1.54) is 89.9 Å². The molecule has 2 aromatic rings. The van der Waals surface area contributed by atoms with Gasteiger partial charge in [-0.05, 0) is 56.0 Å². The molecule has 0 aliphatic carbocycles. The van der Waals surface area contributed by atoms with Gasteiger partial charge in [-0.1, -0.05) is 146 Å². The first-order chi connectivity index (χ1) is 18.8. The summed E-state index contributed by atoms with van der Waals surface area (Å²) in [5, 5.41) is 0. The van der Waals surface area contributed by atoms with E-state index in [9.17, 15) is 0 Å². The van der Waals surface area contributed by atoms with Crippen LogP contribution in [0.4, 0.5) is 11.4 Å². The summed E-state index contributed by atoms with van der Waals surface area (Å²) in [6.45, 7) is 4.53. The standard InChI is InChI=1S/C36H54N2.Pd/c1-3-5-7-8-9-10-11-12-13-14-15-16-17-18-19-26-32-36(38-34-29-24-21-25-30-34)35(31-6-4-2)37-33-27-22-20-23-28-33;/h20-30,32H,3-19,31H2,1-2H3;/b32-26+,37-35?,38-36?;. The van der Waals surface area contributed by atoms with E-state index in [4.69, 9.17) is 9.98 Å². The fraction of sp³-hybridized carbons (Fsp3) is 0.556. The molecule has 2 rings (SSSR count). The van der Waals surface area contributed by atoms with Gasteiger partial charge in [0.25, 0.3) is 0 Å². The van der Waals surface area contributed by atoms with Crippen molar-refractivity contribution in [3.8, 4) is 0 Å². The molecule has 218 valence electrons. The summed E-state index contributed by atoms with van der Waals surface area (Å²) >= 11 is 0. The molecular weight excluding hydrogens is 567 g/mol. The fourth-order valence-electron chi connectivity index (χ4n) is 4.74. The molecule has 0 saturated carbocycles. The molecule has 0 amide bonds. The Hall–Kier alpha value is -1.82. The van der Waals surface area contributed by atoms with Crippen LogP contribution in [-0.4, -0.2) is 11.4 Å². The van der Waals surface area contributed by atoms with Crippen molar-refractivity contribution in [2.75, 3.05) is 0 Å². The van der Waals surface area contributed by atoms with Crippen LogP contribution >= 0.6 is 0 Å². The second-order valence-electron chi connectivity index (χ2n) is 10.6. The maximum absolute atomic E-state index is 5.02. The number of unbranched alkanes of at least 4 members (excludes halogenated alkanes) is 15. The van der Waals surface area contributed by atoms with Gasteiger partial charge in [-0.25, -0.2) is 4.99 Å². The summed E-state index contributed by atoms with van der Waals surface area (Å²) in [6, 6.07) is 20.6. The second kappa shape index (κ2) is 25.2.